The molecule has 1 amide bonds. The lowest BCUT2D eigenvalue weighted by molar-refractivity contribution is -0.00347. The highest BCUT2D eigenvalue weighted by Gasteiger charge is 2.24. The van der Waals surface area contributed by atoms with E-state index in [1.165, 1.54) is 37.8 Å². The highest BCUT2D eigenvalue weighted by atomic mass is 16.5. The molecule has 4 nitrogen and oxygen atoms in total. The molecule has 1 aliphatic heterocycles. The predicted octanol–water partition coefficient (Wildman–Crippen LogP) is 2.81. The van der Waals surface area contributed by atoms with Gasteiger partial charge in [-0.15, -0.1) is 0 Å². The van der Waals surface area contributed by atoms with Crippen molar-refractivity contribution in [1.82, 2.24) is 9.88 Å². The van der Waals surface area contributed by atoms with Crippen molar-refractivity contribution in [2.45, 2.75) is 58.5 Å². The van der Waals surface area contributed by atoms with Gasteiger partial charge in [-0.1, -0.05) is 19.3 Å². The SMILES string of the molecule is Cc1cc(C(=O)NC2COC2)c(C)n1CC1CCCCC1. The van der Waals surface area contributed by atoms with Crippen molar-refractivity contribution in [2.75, 3.05) is 13.2 Å². The number of carbonyl (C=O) groups excluding carboxylic acids is 1. The van der Waals surface area contributed by atoms with E-state index in [1.807, 2.05) is 6.07 Å². The number of nitrogens with one attached hydrogen (secondary N) is 1. The van der Waals surface area contributed by atoms with E-state index in [1.54, 1.807) is 0 Å². The molecule has 0 atom stereocenters. The zero-order valence-electron chi connectivity index (χ0n) is 13.2. The average molecular weight is 290 g/mol. The zero-order chi connectivity index (χ0) is 14.8. The minimum atomic E-state index is 0.0475. The summed E-state index contributed by atoms with van der Waals surface area (Å²) in [7, 11) is 0. The molecule has 0 bridgehead atoms. The number of hydrogen-bond acceptors (Lipinski definition) is 2. The van der Waals surface area contributed by atoms with Crippen LogP contribution in [0.25, 0.3) is 0 Å². The van der Waals surface area contributed by atoms with Crippen LogP contribution in [0, 0.1) is 19.8 Å². The van der Waals surface area contributed by atoms with Crippen molar-refractivity contribution < 1.29 is 9.53 Å². The summed E-state index contributed by atoms with van der Waals surface area (Å²) in [6.07, 6.45) is 6.77. The fraction of sp³-hybridized carbons (Fsp3) is 0.706. The molecule has 1 aromatic rings. The van der Waals surface area contributed by atoms with Crippen LogP contribution in [0.4, 0.5) is 0 Å². The number of amides is 1. The Balaban J connectivity index is 1.70. The molecule has 1 aromatic heterocycles. The third kappa shape index (κ3) is 3.15. The van der Waals surface area contributed by atoms with Gasteiger partial charge in [-0.25, -0.2) is 0 Å². The molecule has 2 fully saturated rings. The van der Waals surface area contributed by atoms with Gasteiger partial charge in [0.1, 0.15) is 0 Å². The maximum absolute atomic E-state index is 12.3. The quantitative estimate of drug-likeness (QED) is 0.926. The van der Waals surface area contributed by atoms with Gasteiger partial charge in [0.25, 0.3) is 5.91 Å². The first kappa shape index (κ1) is 14.6. The molecule has 1 saturated heterocycles. The standard InChI is InChI=1S/C17H26N2O2/c1-12-8-16(17(20)18-15-10-21-11-15)13(2)19(12)9-14-6-4-3-5-7-14/h8,14-15H,3-7,9-11H2,1-2H3,(H,18,20). The van der Waals surface area contributed by atoms with Gasteiger partial charge in [0.2, 0.25) is 0 Å². The monoisotopic (exact) mass is 290 g/mol. The van der Waals surface area contributed by atoms with E-state index >= 15 is 0 Å². The van der Waals surface area contributed by atoms with E-state index in [4.69, 9.17) is 4.74 Å². The lowest BCUT2D eigenvalue weighted by Gasteiger charge is -2.27. The molecule has 4 heteroatoms. The second kappa shape index (κ2) is 6.22. The molecule has 1 N–H and O–H groups in total. The van der Waals surface area contributed by atoms with Gasteiger partial charge in [0.15, 0.2) is 0 Å². The van der Waals surface area contributed by atoms with Crippen molar-refractivity contribution >= 4 is 5.91 Å². The number of rotatable bonds is 4. The van der Waals surface area contributed by atoms with Gasteiger partial charge < -0.3 is 14.6 Å². The van der Waals surface area contributed by atoms with Crippen LogP contribution in [0.2, 0.25) is 0 Å². The minimum Gasteiger partial charge on any atom is -0.377 e. The summed E-state index contributed by atoms with van der Waals surface area (Å²) in [5.74, 6) is 0.825. The highest BCUT2D eigenvalue weighted by Crippen LogP contribution is 2.27. The Bertz CT molecular complexity index is 511. The van der Waals surface area contributed by atoms with E-state index in [0.29, 0.717) is 13.2 Å². The van der Waals surface area contributed by atoms with Crippen molar-refractivity contribution in [3.05, 3.63) is 23.0 Å². The molecule has 2 aliphatic rings. The number of hydrogen-bond donors (Lipinski definition) is 1. The fourth-order valence-corrected chi connectivity index (χ4v) is 3.52. The van der Waals surface area contributed by atoms with Crippen LogP contribution in [-0.4, -0.2) is 29.7 Å². The number of ether oxygens (including phenoxy) is 1. The molecular weight excluding hydrogens is 264 g/mol. The Kier molecular flexibility index (Phi) is 4.34. The van der Waals surface area contributed by atoms with Crippen molar-refractivity contribution in [2.24, 2.45) is 5.92 Å². The van der Waals surface area contributed by atoms with Crippen molar-refractivity contribution in [1.29, 1.82) is 0 Å². The first-order chi connectivity index (χ1) is 10.1. The summed E-state index contributed by atoms with van der Waals surface area (Å²) in [4.78, 5) is 12.3. The van der Waals surface area contributed by atoms with Gasteiger partial charge in [0, 0.05) is 17.9 Å². The summed E-state index contributed by atoms with van der Waals surface area (Å²) in [5.41, 5.74) is 3.14. The Hall–Kier alpha value is -1.29. The van der Waals surface area contributed by atoms with E-state index in [-0.39, 0.29) is 11.9 Å². The van der Waals surface area contributed by atoms with Gasteiger partial charge in [-0.2, -0.15) is 0 Å². The van der Waals surface area contributed by atoms with E-state index < -0.39 is 0 Å². The van der Waals surface area contributed by atoms with Crippen molar-refractivity contribution in [3.8, 4) is 0 Å². The highest BCUT2D eigenvalue weighted by molar-refractivity contribution is 5.96. The predicted molar refractivity (Wildman–Crippen MR) is 82.6 cm³/mol. The average Bonchev–Trinajstić information content (AvgIpc) is 2.72. The van der Waals surface area contributed by atoms with Gasteiger partial charge in [-0.05, 0) is 38.7 Å². The van der Waals surface area contributed by atoms with Crippen LogP contribution in [0.1, 0.15) is 53.8 Å². The summed E-state index contributed by atoms with van der Waals surface area (Å²) in [6, 6.07) is 2.23. The zero-order valence-corrected chi connectivity index (χ0v) is 13.2. The smallest absolute Gasteiger partial charge is 0.253 e. The first-order valence-corrected chi connectivity index (χ1v) is 8.20. The van der Waals surface area contributed by atoms with E-state index in [2.05, 4.69) is 23.7 Å². The number of aromatic nitrogens is 1. The Labute approximate surface area is 126 Å². The minimum absolute atomic E-state index is 0.0475. The maximum atomic E-state index is 12.3. The summed E-state index contributed by atoms with van der Waals surface area (Å²) in [5, 5.41) is 3.04. The van der Waals surface area contributed by atoms with Crippen LogP contribution >= 0.6 is 0 Å². The van der Waals surface area contributed by atoms with Gasteiger partial charge in [0.05, 0.1) is 24.8 Å². The lowest BCUT2D eigenvalue weighted by Crippen LogP contribution is -2.48. The Morgan fingerprint density at radius 3 is 2.62 bits per heavy atom. The summed E-state index contributed by atoms with van der Waals surface area (Å²) in [6.45, 7) is 6.54. The topological polar surface area (TPSA) is 43.3 Å². The molecular formula is C17H26N2O2. The van der Waals surface area contributed by atoms with Crippen LogP contribution in [0.3, 0.4) is 0 Å². The molecule has 0 radical (unpaired) electrons. The molecule has 0 aromatic carbocycles. The lowest BCUT2D eigenvalue weighted by atomic mass is 9.89. The van der Waals surface area contributed by atoms with E-state index in [9.17, 15) is 4.79 Å². The van der Waals surface area contributed by atoms with Crippen molar-refractivity contribution in [3.63, 3.8) is 0 Å². The Morgan fingerprint density at radius 2 is 2.00 bits per heavy atom. The second-order valence-corrected chi connectivity index (χ2v) is 6.61. The van der Waals surface area contributed by atoms with Gasteiger partial charge >= 0.3 is 0 Å². The van der Waals surface area contributed by atoms with Crippen LogP contribution in [0.15, 0.2) is 6.07 Å². The Morgan fingerprint density at radius 1 is 1.29 bits per heavy atom. The first-order valence-electron chi connectivity index (χ1n) is 8.20. The molecule has 0 spiro atoms. The molecule has 1 aliphatic carbocycles. The number of nitrogens with zero attached hydrogens (tertiary/aromatic N) is 1. The van der Waals surface area contributed by atoms with Crippen LogP contribution in [0.5, 0.6) is 0 Å². The summed E-state index contributed by atoms with van der Waals surface area (Å²) >= 11 is 0. The maximum Gasteiger partial charge on any atom is 0.253 e. The molecule has 21 heavy (non-hydrogen) atoms. The normalized spacial score (nSPS) is 20.3. The molecule has 3 rings (SSSR count). The van der Waals surface area contributed by atoms with E-state index in [0.717, 1.165) is 23.7 Å². The molecule has 1 saturated carbocycles. The number of carbonyl (C=O) groups is 1. The number of aryl methyl sites for hydroxylation is 1. The van der Waals surface area contributed by atoms with Crippen LogP contribution < -0.4 is 5.32 Å². The summed E-state index contributed by atoms with van der Waals surface area (Å²) < 4.78 is 7.45. The molecule has 0 unspecified atom stereocenters. The third-order valence-electron chi connectivity index (χ3n) is 4.96. The second-order valence-electron chi connectivity index (χ2n) is 6.61. The molecule has 2 heterocycles. The van der Waals surface area contributed by atoms with Gasteiger partial charge in [-0.3, -0.25) is 4.79 Å². The largest absolute Gasteiger partial charge is 0.377 e. The fourth-order valence-electron chi connectivity index (χ4n) is 3.52. The molecule has 116 valence electrons. The van der Waals surface area contributed by atoms with Crippen LogP contribution in [-0.2, 0) is 11.3 Å². The third-order valence-corrected chi connectivity index (χ3v) is 4.96.